The Labute approximate surface area is 117 Å². The lowest BCUT2D eigenvalue weighted by Gasteiger charge is -2.47. The SMILES string of the molecule is C=CC12CCC(C1)CC2(OC1CCCCO1)C(F)(F)F. The highest BCUT2D eigenvalue weighted by atomic mass is 19.4. The molecule has 5 heteroatoms. The summed E-state index contributed by atoms with van der Waals surface area (Å²) in [5.41, 5.74) is -3.05. The number of halogens is 3. The summed E-state index contributed by atoms with van der Waals surface area (Å²) in [4.78, 5) is 0. The minimum Gasteiger partial charge on any atom is -0.353 e. The first-order valence-corrected chi connectivity index (χ1v) is 7.42. The van der Waals surface area contributed by atoms with Gasteiger partial charge in [0.15, 0.2) is 11.9 Å². The zero-order valence-electron chi connectivity index (χ0n) is 11.5. The maximum Gasteiger partial charge on any atom is 0.418 e. The van der Waals surface area contributed by atoms with Gasteiger partial charge in [-0.15, -0.1) is 6.58 Å². The van der Waals surface area contributed by atoms with E-state index in [-0.39, 0.29) is 12.3 Å². The summed E-state index contributed by atoms with van der Waals surface area (Å²) < 4.78 is 52.5. The third-order valence-electron chi connectivity index (χ3n) is 5.35. The molecular weight excluding hydrogens is 269 g/mol. The third kappa shape index (κ3) is 1.93. The van der Waals surface area contributed by atoms with Crippen LogP contribution in [0, 0.1) is 11.3 Å². The van der Waals surface area contributed by atoms with E-state index in [1.807, 2.05) is 0 Å². The molecule has 0 amide bonds. The Bertz CT molecular complexity index is 389. The maximum absolute atomic E-state index is 13.8. The molecule has 3 fully saturated rings. The van der Waals surface area contributed by atoms with Crippen molar-refractivity contribution in [3.8, 4) is 0 Å². The van der Waals surface area contributed by atoms with Gasteiger partial charge in [-0.05, 0) is 50.9 Å². The van der Waals surface area contributed by atoms with E-state index >= 15 is 0 Å². The van der Waals surface area contributed by atoms with Crippen LogP contribution in [0.3, 0.4) is 0 Å². The van der Waals surface area contributed by atoms with E-state index in [0.717, 1.165) is 19.3 Å². The molecule has 1 aliphatic heterocycles. The number of hydrogen-bond donors (Lipinski definition) is 0. The number of ether oxygens (including phenoxy) is 2. The molecule has 0 N–H and O–H groups in total. The molecule has 0 spiro atoms. The van der Waals surface area contributed by atoms with Gasteiger partial charge in [0.2, 0.25) is 0 Å². The molecule has 4 atom stereocenters. The minimum absolute atomic E-state index is 0.0579. The second kappa shape index (κ2) is 4.73. The third-order valence-corrected chi connectivity index (χ3v) is 5.35. The van der Waals surface area contributed by atoms with Crippen LogP contribution in [0.5, 0.6) is 0 Å². The Kier molecular flexibility index (Phi) is 3.41. The summed E-state index contributed by atoms with van der Waals surface area (Å²) in [7, 11) is 0. The fourth-order valence-electron chi connectivity index (χ4n) is 4.34. The summed E-state index contributed by atoms with van der Waals surface area (Å²) in [6.45, 7) is 4.18. The molecule has 2 aliphatic carbocycles. The molecule has 114 valence electrons. The van der Waals surface area contributed by atoms with Gasteiger partial charge in [0.05, 0.1) is 0 Å². The quantitative estimate of drug-likeness (QED) is 0.725. The first kappa shape index (κ1) is 14.4. The van der Waals surface area contributed by atoms with Gasteiger partial charge >= 0.3 is 6.18 Å². The summed E-state index contributed by atoms with van der Waals surface area (Å²) in [5.74, 6) is 0.0956. The van der Waals surface area contributed by atoms with Gasteiger partial charge in [-0.3, -0.25) is 0 Å². The molecular formula is C15H21F3O2. The predicted octanol–water partition coefficient (Wildman–Crippen LogP) is 4.21. The highest BCUT2D eigenvalue weighted by Gasteiger charge is 2.73. The number of alkyl halides is 3. The van der Waals surface area contributed by atoms with Crippen LogP contribution in [0.15, 0.2) is 12.7 Å². The van der Waals surface area contributed by atoms with Crippen LogP contribution >= 0.6 is 0 Å². The summed E-state index contributed by atoms with van der Waals surface area (Å²) in [6, 6.07) is 0. The zero-order valence-corrected chi connectivity index (χ0v) is 11.5. The molecule has 0 aromatic heterocycles. The van der Waals surface area contributed by atoms with Crippen LogP contribution < -0.4 is 0 Å². The Morgan fingerprint density at radius 2 is 2.00 bits per heavy atom. The summed E-state index contributed by atoms with van der Waals surface area (Å²) >= 11 is 0. The normalized spacial score (nSPS) is 44.8. The van der Waals surface area contributed by atoms with Crippen molar-refractivity contribution < 1.29 is 22.6 Å². The molecule has 4 unspecified atom stereocenters. The van der Waals surface area contributed by atoms with Crippen LogP contribution in [0.1, 0.15) is 44.9 Å². The van der Waals surface area contributed by atoms with Crippen LogP contribution in [-0.2, 0) is 9.47 Å². The maximum atomic E-state index is 13.8. The van der Waals surface area contributed by atoms with Gasteiger partial charge in [0, 0.05) is 12.0 Å². The second-order valence-corrected chi connectivity index (χ2v) is 6.41. The minimum atomic E-state index is -4.38. The molecule has 3 rings (SSSR count). The summed E-state index contributed by atoms with van der Waals surface area (Å²) in [5, 5.41) is 0. The van der Waals surface area contributed by atoms with Crippen molar-refractivity contribution in [1.82, 2.24) is 0 Å². The Morgan fingerprint density at radius 1 is 1.20 bits per heavy atom. The highest BCUT2D eigenvalue weighted by Crippen LogP contribution is 2.67. The van der Waals surface area contributed by atoms with E-state index in [4.69, 9.17) is 9.47 Å². The van der Waals surface area contributed by atoms with Gasteiger partial charge in [0.1, 0.15) is 0 Å². The fraction of sp³-hybridized carbons (Fsp3) is 0.867. The molecule has 3 aliphatic rings. The van der Waals surface area contributed by atoms with E-state index in [2.05, 4.69) is 6.58 Å². The van der Waals surface area contributed by atoms with Gasteiger partial charge in [0.25, 0.3) is 0 Å². The molecule has 0 radical (unpaired) electrons. The van der Waals surface area contributed by atoms with Crippen LogP contribution in [0.2, 0.25) is 0 Å². The van der Waals surface area contributed by atoms with Gasteiger partial charge in [-0.1, -0.05) is 6.08 Å². The van der Waals surface area contributed by atoms with E-state index in [0.29, 0.717) is 25.9 Å². The van der Waals surface area contributed by atoms with Crippen LogP contribution in [-0.4, -0.2) is 24.7 Å². The topological polar surface area (TPSA) is 18.5 Å². The molecule has 0 aromatic carbocycles. The van der Waals surface area contributed by atoms with Crippen molar-refractivity contribution in [2.24, 2.45) is 11.3 Å². The number of fused-ring (bicyclic) bond motifs is 2. The average Bonchev–Trinajstić information content (AvgIpc) is 2.96. The lowest BCUT2D eigenvalue weighted by Crippen LogP contribution is -2.59. The van der Waals surface area contributed by atoms with E-state index in [1.165, 1.54) is 6.08 Å². The van der Waals surface area contributed by atoms with Crippen molar-refractivity contribution in [2.45, 2.75) is 63.0 Å². The van der Waals surface area contributed by atoms with Crippen molar-refractivity contribution in [3.05, 3.63) is 12.7 Å². The first-order chi connectivity index (χ1) is 9.42. The zero-order chi connectivity index (χ0) is 14.4. The van der Waals surface area contributed by atoms with E-state index in [1.54, 1.807) is 0 Å². The molecule has 2 nitrogen and oxygen atoms in total. The Morgan fingerprint density at radius 3 is 2.55 bits per heavy atom. The van der Waals surface area contributed by atoms with E-state index < -0.39 is 23.5 Å². The van der Waals surface area contributed by atoms with Crippen LogP contribution in [0.25, 0.3) is 0 Å². The smallest absolute Gasteiger partial charge is 0.353 e. The molecule has 0 aromatic rings. The second-order valence-electron chi connectivity index (χ2n) is 6.41. The summed E-state index contributed by atoms with van der Waals surface area (Å²) in [6.07, 6.45) is 0.680. The Hall–Kier alpha value is -0.550. The molecule has 20 heavy (non-hydrogen) atoms. The monoisotopic (exact) mass is 290 g/mol. The number of rotatable bonds is 3. The van der Waals surface area contributed by atoms with Crippen LogP contribution in [0.4, 0.5) is 13.2 Å². The predicted molar refractivity (Wildman–Crippen MR) is 68.1 cm³/mol. The van der Waals surface area contributed by atoms with Crippen molar-refractivity contribution in [3.63, 3.8) is 0 Å². The van der Waals surface area contributed by atoms with Gasteiger partial charge in [-0.2, -0.15) is 13.2 Å². The number of hydrogen-bond acceptors (Lipinski definition) is 2. The average molecular weight is 290 g/mol. The molecule has 1 heterocycles. The lowest BCUT2D eigenvalue weighted by molar-refractivity contribution is -0.353. The molecule has 2 bridgehead atoms. The fourth-order valence-corrected chi connectivity index (χ4v) is 4.34. The van der Waals surface area contributed by atoms with Crippen molar-refractivity contribution in [2.75, 3.05) is 6.61 Å². The van der Waals surface area contributed by atoms with Crippen molar-refractivity contribution >= 4 is 0 Å². The lowest BCUT2D eigenvalue weighted by atomic mass is 9.70. The molecule has 1 saturated heterocycles. The van der Waals surface area contributed by atoms with Crippen molar-refractivity contribution in [1.29, 1.82) is 0 Å². The largest absolute Gasteiger partial charge is 0.418 e. The standard InChI is InChI=1S/C15H21F3O2/c1-2-13-7-6-11(9-13)10-14(13,15(16,17)18)20-12-5-3-4-8-19-12/h2,11-12H,1,3-10H2. The Balaban J connectivity index is 1.91. The van der Waals surface area contributed by atoms with Gasteiger partial charge < -0.3 is 9.47 Å². The highest BCUT2D eigenvalue weighted by molar-refractivity contribution is 5.21. The first-order valence-electron chi connectivity index (χ1n) is 7.42. The van der Waals surface area contributed by atoms with Gasteiger partial charge in [-0.25, -0.2) is 0 Å². The van der Waals surface area contributed by atoms with E-state index in [9.17, 15) is 13.2 Å². The molecule has 2 saturated carbocycles.